The van der Waals surface area contributed by atoms with Crippen molar-refractivity contribution in [2.75, 3.05) is 0 Å². The molecule has 0 aromatic carbocycles. The average molecular weight is 249 g/mol. The normalized spacial score (nSPS) is 25.9. The molecule has 1 heterocycles. The zero-order valence-corrected chi connectivity index (χ0v) is 12.0. The Morgan fingerprint density at radius 1 is 1.28 bits per heavy atom. The van der Waals surface area contributed by atoms with Crippen molar-refractivity contribution in [3.8, 4) is 0 Å². The second-order valence-electron chi connectivity index (χ2n) is 6.76. The Morgan fingerprint density at radius 3 is 2.78 bits per heavy atom. The number of nitrogens with zero attached hydrogens (tertiary/aromatic N) is 1. The van der Waals surface area contributed by atoms with Gasteiger partial charge in [0.15, 0.2) is 0 Å². The molecule has 1 aliphatic carbocycles. The van der Waals surface area contributed by atoms with Crippen molar-refractivity contribution in [2.45, 2.75) is 65.5 Å². The standard InChI is InChI=1S/C15H27N3/c1-15(2,3)13-5-4-6-14(8-7-13)16-9-12-10-17-18-11-12/h10-11,13-14,16H,4-9H2,1-3H3,(H,17,18). The van der Waals surface area contributed by atoms with E-state index in [1.807, 2.05) is 12.4 Å². The molecule has 0 amide bonds. The second-order valence-corrected chi connectivity index (χ2v) is 6.76. The Kier molecular flexibility index (Phi) is 4.44. The van der Waals surface area contributed by atoms with E-state index < -0.39 is 0 Å². The molecular formula is C15H27N3. The summed E-state index contributed by atoms with van der Waals surface area (Å²) in [7, 11) is 0. The van der Waals surface area contributed by atoms with E-state index in [9.17, 15) is 0 Å². The number of aromatic nitrogens is 2. The van der Waals surface area contributed by atoms with E-state index in [2.05, 4.69) is 36.3 Å². The van der Waals surface area contributed by atoms with Crippen LogP contribution in [0.25, 0.3) is 0 Å². The van der Waals surface area contributed by atoms with E-state index in [0.717, 1.165) is 12.5 Å². The molecule has 2 rings (SSSR count). The third-order valence-corrected chi connectivity index (χ3v) is 4.34. The summed E-state index contributed by atoms with van der Waals surface area (Å²) in [5.41, 5.74) is 1.73. The van der Waals surface area contributed by atoms with Gasteiger partial charge in [-0.2, -0.15) is 5.10 Å². The van der Waals surface area contributed by atoms with Gasteiger partial charge in [-0.15, -0.1) is 0 Å². The highest BCUT2D eigenvalue weighted by Gasteiger charge is 2.27. The van der Waals surface area contributed by atoms with E-state index >= 15 is 0 Å². The van der Waals surface area contributed by atoms with Gasteiger partial charge in [-0.05, 0) is 37.0 Å². The second kappa shape index (κ2) is 5.87. The van der Waals surface area contributed by atoms with Gasteiger partial charge in [-0.25, -0.2) is 0 Å². The topological polar surface area (TPSA) is 40.7 Å². The van der Waals surface area contributed by atoms with Crippen molar-refractivity contribution in [2.24, 2.45) is 11.3 Å². The molecule has 0 radical (unpaired) electrons. The molecule has 2 atom stereocenters. The first kappa shape index (κ1) is 13.6. The lowest BCUT2D eigenvalue weighted by molar-refractivity contribution is 0.213. The van der Waals surface area contributed by atoms with Crippen LogP contribution in [0.15, 0.2) is 12.4 Å². The predicted molar refractivity (Wildman–Crippen MR) is 75.2 cm³/mol. The number of H-pyrrole nitrogens is 1. The molecule has 2 N–H and O–H groups in total. The molecule has 3 nitrogen and oxygen atoms in total. The van der Waals surface area contributed by atoms with Gasteiger partial charge in [-0.1, -0.05) is 27.2 Å². The summed E-state index contributed by atoms with van der Waals surface area (Å²) in [6.45, 7) is 8.10. The minimum Gasteiger partial charge on any atom is -0.310 e. The number of rotatable bonds is 3. The fourth-order valence-electron chi connectivity index (χ4n) is 3.01. The SMILES string of the molecule is CC(C)(C)C1CCCC(NCc2cn[nH]c2)CC1. The fourth-order valence-corrected chi connectivity index (χ4v) is 3.01. The Bertz CT molecular complexity index is 337. The van der Waals surface area contributed by atoms with Crippen molar-refractivity contribution in [3.63, 3.8) is 0 Å². The van der Waals surface area contributed by atoms with Crippen LogP contribution in [0.4, 0.5) is 0 Å². The van der Waals surface area contributed by atoms with Crippen LogP contribution in [-0.2, 0) is 6.54 Å². The van der Waals surface area contributed by atoms with Gasteiger partial charge in [0.05, 0.1) is 6.20 Å². The third-order valence-electron chi connectivity index (χ3n) is 4.34. The molecule has 0 bridgehead atoms. The van der Waals surface area contributed by atoms with Gasteiger partial charge >= 0.3 is 0 Å². The predicted octanol–water partition coefficient (Wildman–Crippen LogP) is 3.49. The number of hydrogen-bond acceptors (Lipinski definition) is 2. The average Bonchev–Trinajstić information content (AvgIpc) is 2.69. The van der Waals surface area contributed by atoms with Crippen LogP contribution in [0.2, 0.25) is 0 Å². The molecule has 1 saturated carbocycles. The zero-order valence-electron chi connectivity index (χ0n) is 12.0. The highest BCUT2D eigenvalue weighted by Crippen LogP contribution is 2.36. The van der Waals surface area contributed by atoms with Crippen LogP contribution in [0, 0.1) is 11.3 Å². The zero-order chi connectivity index (χ0) is 13.0. The van der Waals surface area contributed by atoms with Crippen molar-refractivity contribution < 1.29 is 0 Å². The van der Waals surface area contributed by atoms with E-state index in [0.29, 0.717) is 11.5 Å². The van der Waals surface area contributed by atoms with E-state index in [1.54, 1.807) is 0 Å². The molecule has 1 fully saturated rings. The summed E-state index contributed by atoms with van der Waals surface area (Å²) < 4.78 is 0. The quantitative estimate of drug-likeness (QED) is 0.805. The maximum atomic E-state index is 3.98. The van der Waals surface area contributed by atoms with Crippen molar-refractivity contribution in [3.05, 3.63) is 18.0 Å². The van der Waals surface area contributed by atoms with E-state index in [1.165, 1.54) is 37.7 Å². The molecule has 1 aromatic heterocycles. The minimum atomic E-state index is 0.472. The Morgan fingerprint density at radius 2 is 2.11 bits per heavy atom. The van der Waals surface area contributed by atoms with Gasteiger partial charge in [0.1, 0.15) is 0 Å². The molecule has 0 spiro atoms. The van der Waals surface area contributed by atoms with Crippen molar-refractivity contribution in [1.82, 2.24) is 15.5 Å². The molecule has 102 valence electrons. The molecule has 1 aliphatic rings. The van der Waals surface area contributed by atoms with Crippen LogP contribution in [0.1, 0.15) is 58.4 Å². The lowest BCUT2D eigenvalue weighted by Crippen LogP contribution is -2.28. The molecule has 1 aromatic rings. The van der Waals surface area contributed by atoms with Crippen LogP contribution in [0.5, 0.6) is 0 Å². The number of hydrogen-bond donors (Lipinski definition) is 2. The van der Waals surface area contributed by atoms with Crippen LogP contribution in [-0.4, -0.2) is 16.2 Å². The Labute approximate surface area is 111 Å². The first-order valence-corrected chi connectivity index (χ1v) is 7.27. The van der Waals surface area contributed by atoms with Gasteiger partial charge in [-0.3, -0.25) is 5.10 Å². The summed E-state index contributed by atoms with van der Waals surface area (Å²) in [6, 6.07) is 0.687. The van der Waals surface area contributed by atoms with Crippen LogP contribution in [0.3, 0.4) is 0 Å². The summed E-state index contributed by atoms with van der Waals surface area (Å²) in [6.07, 6.45) is 10.7. The highest BCUT2D eigenvalue weighted by atomic mass is 15.1. The molecule has 18 heavy (non-hydrogen) atoms. The lowest BCUT2D eigenvalue weighted by atomic mass is 9.76. The molecule has 0 aliphatic heterocycles. The maximum absolute atomic E-state index is 3.98. The van der Waals surface area contributed by atoms with E-state index in [-0.39, 0.29) is 0 Å². The van der Waals surface area contributed by atoms with Gasteiger partial charge in [0.25, 0.3) is 0 Å². The lowest BCUT2D eigenvalue weighted by Gasteiger charge is -2.29. The largest absolute Gasteiger partial charge is 0.310 e. The minimum absolute atomic E-state index is 0.472. The monoisotopic (exact) mass is 249 g/mol. The van der Waals surface area contributed by atoms with Gasteiger partial charge in [0, 0.05) is 24.3 Å². The van der Waals surface area contributed by atoms with Crippen molar-refractivity contribution >= 4 is 0 Å². The highest BCUT2D eigenvalue weighted by molar-refractivity contribution is 5.01. The summed E-state index contributed by atoms with van der Waals surface area (Å²) >= 11 is 0. The first-order chi connectivity index (χ1) is 8.55. The Hall–Kier alpha value is -0.830. The van der Waals surface area contributed by atoms with Gasteiger partial charge in [0.2, 0.25) is 0 Å². The first-order valence-electron chi connectivity index (χ1n) is 7.27. The summed E-state index contributed by atoms with van der Waals surface area (Å²) in [5, 5.41) is 10.5. The maximum Gasteiger partial charge on any atom is 0.0532 e. The molecule has 2 unspecified atom stereocenters. The van der Waals surface area contributed by atoms with E-state index in [4.69, 9.17) is 0 Å². The number of aromatic amines is 1. The molecular weight excluding hydrogens is 222 g/mol. The Balaban J connectivity index is 1.78. The molecule has 0 saturated heterocycles. The van der Waals surface area contributed by atoms with Crippen molar-refractivity contribution in [1.29, 1.82) is 0 Å². The van der Waals surface area contributed by atoms with Crippen LogP contribution < -0.4 is 5.32 Å². The fraction of sp³-hybridized carbons (Fsp3) is 0.800. The third kappa shape index (κ3) is 3.84. The summed E-state index contributed by atoms with van der Waals surface area (Å²) in [5.74, 6) is 0.887. The van der Waals surface area contributed by atoms with Crippen LogP contribution >= 0.6 is 0 Å². The smallest absolute Gasteiger partial charge is 0.0532 e. The number of nitrogens with one attached hydrogen (secondary N) is 2. The molecule has 3 heteroatoms. The summed E-state index contributed by atoms with van der Waals surface area (Å²) in [4.78, 5) is 0. The van der Waals surface area contributed by atoms with Gasteiger partial charge < -0.3 is 5.32 Å².